The third-order valence-corrected chi connectivity index (χ3v) is 3.27. The minimum Gasteiger partial charge on any atom is -0.345 e. The minimum atomic E-state index is -0.568. The first-order chi connectivity index (χ1) is 7.90. The highest BCUT2D eigenvalue weighted by Gasteiger charge is 2.18. The molecule has 0 aliphatic rings. The summed E-state index contributed by atoms with van der Waals surface area (Å²) in [5.41, 5.74) is 0. The second-order valence-corrected chi connectivity index (χ2v) is 5.30. The van der Waals surface area contributed by atoms with Crippen LogP contribution in [0.5, 0.6) is 0 Å². The Labute approximate surface area is 108 Å². The fraction of sp³-hybridized carbons (Fsp3) is 0.556. The van der Waals surface area contributed by atoms with Crippen LogP contribution in [0.15, 0.2) is 0 Å². The lowest BCUT2D eigenvalue weighted by atomic mass is 10.2. The standard InChI is InChI=1S/C9H14N4O2S2/c1-4(10-6(3)14)7(15)11-5(2)8-12-13-9(16)17-8/h4-5H,1-3H3,(H,10,14)(H,11,15)(H,13,16). The minimum absolute atomic E-state index is 0.239. The van der Waals surface area contributed by atoms with Gasteiger partial charge in [0.1, 0.15) is 11.0 Å². The van der Waals surface area contributed by atoms with Crippen molar-refractivity contribution < 1.29 is 9.59 Å². The van der Waals surface area contributed by atoms with Crippen molar-refractivity contribution in [2.45, 2.75) is 32.9 Å². The zero-order valence-corrected chi connectivity index (χ0v) is 11.4. The molecule has 0 spiro atoms. The number of aromatic amines is 1. The molecule has 2 unspecified atom stereocenters. The van der Waals surface area contributed by atoms with E-state index in [0.717, 1.165) is 0 Å². The highest BCUT2D eigenvalue weighted by atomic mass is 32.1. The van der Waals surface area contributed by atoms with Crippen molar-refractivity contribution in [2.24, 2.45) is 0 Å². The van der Waals surface area contributed by atoms with Crippen molar-refractivity contribution in [2.75, 3.05) is 0 Å². The van der Waals surface area contributed by atoms with E-state index in [2.05, 4.69) is 20.8 Å². The van der Waals surface area contributed by atoms with Crippen LogP contribution in [0.3, 0.4) is 0 Å². The smallest absolute Gasteiger partial charge is 0.242 e. The van der Waals surface area contributed by atoms with Gasteiger partial charge < -0.3 is 10.6 Å². The van der Waals surface area contributed by atoms with Crippen molar-refractivity contribution in [3.05, 3.63) is 8.96 Å². The van der Waals surface area contributed by atoms with Gasteiger partial charge in [0.25, 0.3) is 0 Å². The summed E-state index contributed by atoms with van der Waals surface area (Å²) in [6.07, 6.45) is 0. The van der Waals surface area contributed by atoms with Crippen LogP contribution in [0, 0.1) is 3.95 Å². The Balaban J connectivity index is 2.56. The SMILES string of the molecule is CC(=O)NC(C)C(=O)NC(C)c1n[nH]c(=S)s1. The topological polar surface area (TPSA) is 86.9 Å². The summed E-state index contributed by atoms with van der Waals surface area (Å²) in [5, 5.41) is 12.6. The Morgan fingerprint density at radius 1 is 1.41 bits per heavy atom. The molecule has 3 N–H and O–H groups in total. The second kappa shape index (κ2) is 5.87. The number of hydrogen-bond acceptors (Lipinski definition) is 5. The zero-order chi connectivity index (χ0) is 13.0. The fourth-order valence-electron chi connectivity index (χ4n) is 1.20. The summed E-state index contributed by atoms with van der Waals surface area (Å²) >= 11 is 6.21. The highest BCUT2D eigenvalue weighted by Crippen LogP contribution is 2.14. The predicted molar refractivity (Wildman–Crippen MR) is 67.1 cm³/mol. The first kappa shape index (κ1) is 13.8. The lowest BCUT2D eigenvalue weighted by molar-refractivity contribution is -0.128. The highest BCUT2D eigenvalue weighted by molar-refractivity contribution is 7.73. The van der Waals surface area contributed by atoms with E-state index in [0.29, 0.717) is 8.96 Å². The molecule has 6 nitrogen and oxygen atoms in total. The van der Waals surface area contributed by atoms with Gasteiger partial charge in [-0.1, -0.05) is 11.3 Å². The molecule has 94 valence electrons. The van der Waals surface area contributed by atoms with Gasteiger partial charge in [0.2, 0.25) is 11.8 Å². The van der Waals surface area contributed by atoms with E-state index in [1.165, 1.54) is 18.3 Å². The third-order valence-electron chi connectivity index (χ3n) is 2.00. The largest absolute Gasteiger partial charge is 0.345 e. The number of carbonyl (C=O) groups excluding carboxylic acids is 2. The summed E-state index contributed by atoms with van der Waals surface area (Å²) in [6, 6.07) is -0.807. The fourth-order valence-corrected chi connectivity index (χ4v) is 2.11. The molecule has 0 radical (unpaired) electrons. The summed E-state index contributed by atoms with van der Waals surface area (Å²) in [6.45, 7) is 4.79. The summed E-state index contributed by atoms with van der Waals surface area (Å²) in [5.74, 6) is -0.496. The predicted octanol–water partition coefficient (Wildman–Crippen LogP) is 0.902. The molecule has 2 atom stereocenters. The molecule has 17 heavy (non-hydrogen) atoms. The maximum Gasteiger partial charge on any atom is 0.242 e. The normalized spacial score (nSPS) is 13.8. The Hall–Kier alpha value is -1.28. The maximum absolute atomic E-state index is 11.7. The van der Waals surface area contributed by atoms with Crippen LogP contribution < -0.4 is 10.6 Å². The molecule has 0 aliphatic carbocycles. The third kappa shape index (κ3) is 4.23. The van der Waals surface area contributed by atoms with Gasteiger partial charge >= 0.3 is 0 Å². The van der Waals surface area contributed by atoms with Crippen molar-refractivity contribution in [1.82, 2.24) is 20.8 Å². The molecule has 0 saturated carbocycles. The molecule has 0 aliphatic heterocycles. The zero-order valence-electron chi connectivity index (χ0n) is 9.73. The molecular formula is C9H14N4O2S2. The molecule has 0 saturated heterocycles. The number of H-pyrrole nitrogens is 1. The van der Waals surface area contributed by atoms with Gasteiger partial charge in [0.05, 0.1) is 6.04 Å². The van der Waals surface area contributed by atoms with Gasteiger partial charge in [-0.25, -0.2) is 0 Å². The Morgan fingerprint density at radius 2 is 2.06 bits per heavy atom. The van der Waals surface area contributed by atoms with Gasteiger partial charge in [-0.05, 0) is 26.1 Å². The Kier molecular flexibility index (Phi) is 4.76. The molecule has 1 heterocycles. The lowest BCUT2D eigenvalue weighted by Gasteiger charge is -2.16. The average molecular weight is 274 g/mol. The van der Waals surface area contributed by atoms with Crippen LogP contribution >= 0.6 is 23.6 Å². The number of rotatable bonds is 4. The molecule has 2 amide bonds. The van der Waals surface area contributed by atoms with E-state index in [9.17, 15) is 9.59 Å². The summed E-state index contributed by atoms with van der Waals surface area (Å²) in [4.78, 5) is 22.5. The molecule has 8 heteroatoms. The van der Waals surface area contributed by atoms with Crippen molar-refractivity contribution in [1.29, 1.82) is 0 Å². The number of nitrogens with one attached hydrogen (secondary N) is 3. The molecule has 0 bridgehead atoms. The summed E-state index contributed by atoms with van der Waals surface area (Å²) < 4.78 is 0.566. The molecule has 1 aromatic rings. The van der Waals surface area contributed by atoms with Crippen LogP contribution in [0.1, 0.15) is 31.8 Å². The van der Waals surface area contributed by atoms with E-state index in [1.807, 2.05) is 0 Å². The molecule has 0 fully saturated rings. The van der Waals surface area contributed by atoms with Gasteiger partial charge in [-0.3, -0.25) is 14.7 Å². The molecular weight excluding hydrogens is 260 g/mol. The van der Waals surface area contributed by atoms with Crippen LogP contribution in [0.4, 0.5) is 0 Å². The number of nitrogens with zero attached hydrogens (tertiary/aromatic N) is 1. The second-order valence-electron chi connectivity index (χ2n) is 3.60. The lowest BCUT2D eigenvalue weighted by Crippen LogP contribution is -2.44. The Morgan fingerprint density at radius 3 is 2.53 bits per heavy atom. The van der Waals surface area contributed by atoms with E-state index in [1.54, 1.807) is 13.8 Å². The average Bonchev–Trinajstić information content (AvgIpc) is 2.63. The number of hydrogen-bond donors (Lipinski definition) is 3. The van der Waals surface area contributed by atoms with E-state index in [-0.39, 0.29) is 17.9 Å². The van der Waals surface area contributed by atoms with Gasteiger partial charge in [-0.15, -0.1) is 0 Å². The van der Waals surface area contributed by atoms with E-state index >= 15 is 0 Å². The van der Waals surface area contributed by atoms with Crippen LogP contribution in [0.25, 0.3) is 0 Å². The van der Waals surface area contributed by atoms with Gasteiger partial charge in [0.15, 0.2) is 3.95 Å². The van der Waals surface area contributed by atoms with Crippen molar-refractivity contribution in [3.63, 3.8) is 0 Å². The van der Waals surface area contributed by atoms with Crippen LogP contribution in [0.2, 0.25) is 0 Å². The van der Waals surface area contributed by atoms with Gasteiger partial charge in [-0.2, -0.15) is 5.10 Å². The molecule has 0 aromatic carbocycles. The quantitative estimate of drug-likeness (QED) is 0.712. The molecule has 1 rings (SSSR count). The van der Waals surface area contributed by atoms with Crippen molar-refractivity contribution in [3.8, 4) is 0 Å². The summed E-state index contributed by atoms with van der Waals surface area (Å²) in [7, 11) is 0. The Bertz CT molecular complexity index is 468. The molecule has 1 aromatic heterocycles. The monoisotopic (exact) mass is 274 g/mol. The first-order valence-corrected chi connectivity index (χ1v) is 6.25. The van der Waals surface area contributed by atoms with E-state index < -0.39 is 6.04 Å². The maximum atomic E-state index is 11.7. The number of aromatic nitrogens is 2. The number of carbonyl (C=O) groups is 2. The first-order valence-electron chi connectivity index (χ1n) is 5.03. The van der Waals surface area contributed by atoms with Crippen LogP contribution in [-0.2, 0) is 9.59 Å². The van der Waals surface area contributed by atoms with Crippen LogP contribution in [-0.4, -0.2) is 28.1 Å². The number of amides is 2. The van der Waals surface area contributed by atoms with Gasteiger partial charge in [0, 0.05) is 6.92 Å². The van der Waals surface area contributed by atoms with Crippen molar-refractivity contribution >= 4 is 35.4 Å². The van der Waals surface area contributed by atoms with E-state index in [4.69, 9.17) is 12.2 Å².